The van der Waals surface area contributed by atoms with Gasteiger partial charge in [-0.3, -0.25) is 9.48 Å². The van der Waals surface area contributed by atoms with Crippen molar-refractivity contribution in [1.82, 2.24) is 9.78 Å². The average molecular weight is 239 g/mol. The molecule has 1 rings (SSSR count). The molecule has 82 valence electrons. The highest BCUT2D eigenvalue weighted by atomic mass is 35.5. The van der Waals surface area contributed by atoms with Gasteiger partial charge in [0.1, 0.15) is 5.69 Å². The van der Waals surface area contributed by atoms with Gasteiger partial charge < -0.3 is 0 Å². The minimum absolute atomic E-state index is 0.0215. The third-order valence-electron chi connectivity index (χ3n) is 1.59. The van der Waals surface area contributed by atoms with Crippen LogP contribution >= 0.6 is 11.6 Å². The zero-order valence-electron chi connectivity index (χ0n) is 7.33. The van der Waals surface area contributed by atoms with Crippen LogP contribution in [0.25, 0.3) is 0 Å². The van der Waals surface area contributed by atoms with Gasteiger partial charge in [-0.15, -0.1) is 0 Å². The molecule has 0 amide bonds. The lowest BCUT2D eigenvalue weighted by molar-refractivity contribution is -0.141. The molecule has 0 aliphatic carbocycles. The Morgan fingerprint density at radius 1 is 1.53 bits per heavy atom. The molecule has 0 aliphatic heterocycles. The number of alkyl halides is 3. The summed E-state index contributed by atoms with van der Waals surface area (Å²) in [7, 11) is 0. The number of halogens is 4. The molecule has 0 aromatic carbocycles. The third-order valence-corrected chi connectivity index (χ3v) is 1.77. The molecule has 7 heteroatoms. The van der Waals surface area contributed by atoms with Crippen LogP contribution in [0, 0.1) is 0 Å². The number of carbonyl (C=O) groups excluding carboxylic acids is 1. The van der Waals surface area contributed by atoms with E-state index in [1.807, 2.05) is 0 Å². The van der Waals surface area contributed by atoms with Crippen LogP contribution in [0.4, 0.5) is 13.2 Å². The smallest absolute Gasteiger partial charge is 0.296 e. The molecule has 0 N–H and O–H groups in total. The summed E-state index contributed by atoms with van der Waals surface area (Å²) >= 11 is 5.21. The Morgan fingerprint density at radius 3 is 2.67 bits per heavy atom. The van der Waals surface area contributed by atoms with Gasteiger partial charge in [0, 0.05) is 5.54 Å². The van der Waals surface area contributed by atoms with Crippen LogP contribution in [0.2, 0.25) is 0 Å². The first-order valence-corrected chi connectivity index (χ1v) is 4.28. The highest BCUT2D eigenvalue weighted by molar-refractivity contribution is 6.25. The van der Waals surface area contributed by atoms with Crippen molar-refractivity contribution in [2.45, 2.75) is 12.7 Å². The van der Waals surface area contributed by atoms with Gasteiger partial charge >= 0.3 is 6.18 Å². The van der Waals surface area contributed by atoms with E-state index in [0.717, 1.165) is 10.2 Å². The zero-order chi connectivity index (χ0) is 11.5. The zero-order valence-corrected chi connectivity index (χ0v) is 8.09. The van der Waals surface area contributed by atoms with Crippen molar-refractivity contribution in [1.29, 1.82) is 0 Å². The van der Waals surface area contributed by atoms with E-state index in [2.05, 4.69) is 5.10 Å². The lowest BCUT2D eigenvalue weighted by Gasteiger charge is -2.00. The summed E-state index contributed by atoms with van der Waals surface area (Å²) in [6, 6.07) is 0.690. The maximum Gasteiger partial charge on any atom is 0.435 e. The van der Waals surface area contributed by atoms with Crippen molar-refractivity contribution in [3.05, 3.63) is 29.1 Å². The molecule has 1 heterocycles. The van der Waals surface area contributed by atoms with Crippen molar-refractivity contribution < 1.29 is 18.0 Å². The van der Waals surface area contributed by atoms with Crippen LogP contribution in [0.1, 0.15) is 16.2 Å². The summed E-state index contributed by atoms with van der Waals surface area (Å²) in [5.74, 6) is 0. The lowest BCUT2D eigenvalue weighted by Crippen LogP contribution is -2.08. The second-order valence-corrected chi connectivity index (χ2v) is 2.87. The first-order valence-electron chi connectivity index (χ1n) is 3.84. The molecule has 1 aromatic rings. The number of aromatic nitrogens is 2. The van der Waals surface area contributed by atoms with E-state index in [1.165, 1.54) is 6.08 Å². The van der Waals surface area contributed by atoms with Gasteiger partial charge in [-0.25, -0.2) is 0 Å². The van der Waals surface area contributed by atoms with E-state index in [-0.39, 0.29) is 12.2 Å². The van der Waals surface area contributed by atoms with Crippen molar-refractivity contribution in [2.24, 2.45) is 0 Å². The van der Waals surface area contributed by atoms with E-state index < -0.39 is 11.9 Å². The Balaban J connectivity index is 3.05. The number of rotatable bonds is 3. The minimum atomic E-state index is -4.55. The number of nitrogens with zero attached hydrogens (tertiary/aromatic N) is 2. The summed E-state index contributed by atoms with van der Waals surface area (Å²) in [5.41, 5.74) is -0.0894. The predicted molar refractivity (Wildman–Crippen MR) is 47.6 cm³/mol. The number of hydrogen-bond acceptors (Lipinski definition) is 2. The molecular formula is C8H6ClF3N2O. The molecule has 0 unspecified atom stereocenters. The van der Waals surface area contributed by atoms with Gasteiger partial charge in [-0.1, -0.05) is 17.7 Å². The number of aldehydes is 1. The van der Waals surface area contributed by atoms with E-state index in [9.17, 15) is 18.0 Å². The monoisotopic (exact) mass is 238 g/mol. The van der Waals surface area contributed by atoms with Crippen LogP contribution in [0.15, 0.2) is 17.7 Å². The molecule has 15 heavy (non-hydrogen) atoms. The van der Waals surface area contributed by atoms with Crippen LogP contribution in [0.5, 0.6) is 0 Å². The second-order valence-electron chi connectivity index (χ2n) is 2.61. The normalized spacial score (nSPS) is 12.3. The summed E-state index contributed by atoms with van der Waals surface area (Å²) in [4.78, 5) is 10.4. The maximum atomic E-state index is 12.2. The largest absolute Gasteiger partial charge is 0.435 e. The standard InChI is InChI=1S/C8H6ClF3N2O/c9-2-1-3-14-6(5-15)4-7(13-14)8(10,11)12/h1-2,4-5H,3H2. The van der Waals surface area contributed by atoms with E-state index >= 15 is 0 Å². The fourth-order valence-corrected chi connectivity index (χ4v) is 1.03. The van der Waals surface area contributed by atoms with E-state index in [1.54, 1.807) is 0 Å². The number of allylic oxidation sites excluding steroid dienone is 1. The highest BCUT2D eigenvalue weighted by Gasteiger charge is 2.34. The SMILES string of the molecule is O=Cc1cc(C(F)(F)F)nn1CC=CCl. The fourth-order valence-electron chi connectivity index (χ4n) is 0.951. The molecular weight excluding hydrogens is 233 g/mol. The maximum absolute atomic E-state index is 12.2. The average Bonchev–Trinajstić information content (AvgIpc) is 2.57. The Morgan fingerprint density at radius 2 is 2.20 bits per heavy atom. The lowest BCUT2D eigenvalue weighted by atomic mass is 10.3. The molecule has 0 saturated heterocycles. The van der Waals surface area contributed by atoms with Gasteiger partial charge in [0.2, 0.25) is 0 Å². The molecule has 0 spiro atoms. The molecule has 1 aromatic heterocycles. The fraction of sp³-hybridized carbons (Fsp3) is 0.250. The number of carbonyl (C=O) groups is 1. The van der Waals surface area contributed by atoms with E-state index in [4.69, 9.17) is 11.6 Å². The van der Waals surface area contributed by atoms with Gasteiger partial charge in [-0.05, 0) is 6.07 Å². The molecule has 3 nitrogen and oxygen atoms in total. The summed E-state index contributed by atoms with van der Waals surface area (Å²) < 4.78 is 37.5. The van der Waals surface area contributed by atoms with Crippen molar-refractivity contribution in [3.8, 4) is 0 Å². The topological polar surface area (TPSA) is 34.9 Å². The van der Waals surface area contributed by atoms with Crippen LogP contribution in [-0.4, -0.2) is 16.1 Å². The van der Waals surface area contributed by atoms with Crippen molar-refractivity contribution in [3.63, 3.8) is 0 Å². The Labute approximate surface area is 88.1 Å². The molecule has 0 fully saturated rings. The van der Waals surface area contributed by atoms with E-state index in [0.29, 0.717) is 12.4 Å². The molecule has 0 aliphatic rings. The van der Waals surface area contributed by atoms with Crippen molar-refractivity contribution >= 4 is 17.9 Å². The summed E-state index contributed by atoms with van der Waals surface area (Å²) in [5, 5.41) is 3.24. The second kappa shape index (κ2) is 4.48. The van der Waals surface area contributed by atoms with Crippen molar-refractivity contribution in [2.75, 3.05) is 0 Å². The van der Waals surface area contributed by atoms with Gasteiger partial charge in [-0.2, -0.15) is 18.3 Å². The Kier molecular flexibility index (Phi) is 3.52. The highest BCUT2D eigenvalue weighted by Crippen LogP contribution is 2.28. The van der Waals surface area contributed by atoms with Gasteiger partial charge in [0.25, 0.3) is 0 Å². The summed E-state index contributed by atoms with van der Waals surface area (Å²) in [6.07, 6.45) is -2.86. The van der Waals surface area contributed by atoms with Crippen LogP contribution < -0.4 is 0 Å². The minimum Gasteiger partial charge on any atom is -0.296 e. The molecule has 0 bridgehead atoms. The van der Waals surface area contributed by atoms with Crippen LogP contribution in [0.3, 0.4) is 0 Å². The summed E-state index contributed by atoms with van der Waals surface area (Å²) in [6.45, 7) is 0.0215. The third kappa shape index (κ3) is 2.82. The first kappa shape index (κ1) is 11.8. The van der Waals surface area contributed by atoms with Gasteiger partial charge in [0.15, 0.2) is 12.0 Å². The van der Waals surface area contributed by atoms with Crippen LogP contribution in [-0.2, 0) is 12.7 Å². The predicted octanol–water partition coefficient (Wildman–Crippen LogP) is 2.47. The Bertz CT molecular complexity index is 384. The number of hydrogen-bond donors (Lipinski definition) is 0. The molecule has 0 atom stereocenters. The quantitative estimate of drug-likeness (QED) is 0.759. The Hall–Kier alpha value is -1.30. The molecule has 0 radical (unpaired) electrons. The first-order chi connectivity index (χ1) is 6.99. The van der Waals surface area contributed by atoms with Gasteiger partial charge in [0.05, 0.1) is 6.54 Å². The molecule has 0 saturated carbocycles.